The Balaban J connectivity index is 1.96. The first-order valence-corrected chi connectivity index (χ1v) is 8.07. The van der Waals surface area contributed by atoms with E-state index in [1.807, 2.05) is 0 Å². The number of aromatic nitrogens is 4. The average Bonchev–Trinajstić information content (AvgIpc) is 3.18. The van der Waals surface area contributed by atoms with Crippen LogP contribution in [0.15, 0.2) is 29.7 Å². The molecule has 2 aromatic rings. The van der Waals surface area contributed by atoms with Gasteiger partial charge in [0.25, 0.3) is 0 Å². The molecular formula is C12H16N6O2S. The van der Waals surface area contributed by atoms with Crippen LogP contribution >= 0.6 is 0 Å². The quantitative estimate of drug-likeness (QED) is 0.864. The molecule has 1 unspecified atom stereocenters. The van der Waals surface area contributed by atoms with Gasteiger partial charge in [-0.1, -0.05) is 0 Å². The maximum atomic E-state index is 12.6. The SMILES string of the molecule is CNc1cncc(C2CCCN2S(=O)(=O)c2cn[nH]c2)n1. The van der Waals surface area contributed by atoms with E-state index < -0.39 is 10.0 Å². The number of H-pyrrole nitrogens is 1. The van der Waals surface area contributed by atoms with Crippen LogP contribution in [0.5, 0.6) is 0 Å². The first-order chi connectivity index (χ1) is 10.1. The minimum atomic E-state index is -3.56. The largest absolute Gasteiger partial charge is 0.372 e. The van der Waals surface area contributed by atoms with Crippen molar-refractivity contribution in [3.8, 4) is 0 Å². The molecule has 1 fully saturated rings. The van der Waals surface area contributed by atoms with Gasteiger partial charge in [0.05, 0.1) is 30.3 Å². The predicted octanol–water partition coefficient (Wildman–Crippen LogP) is 0.767. The fourth-order valence-electron chi connectivity index (χ4n) is 2.50. The molecule has 0 radical (unpaired) electrons. The Morgan fingerprint density at radius 1 is 1.38 bits per heavy atom. The van der Waals surface area contributed by atoms with Crippen LogP contribution in [0.3, 0.4) is 0 Å². The molecule has 3 rings (SSSR count). The Hall–Kier alpha value is -2.00. The summed E-state index contributed by atoms with van der Waals surface area (Å²) in [5, 5.41) is 9.17. The van der Waals surface area contributed by atoms with Gasteiger partial charge in [-0.2, -0.15) is 9.40 Å². The zero-order valence-corrected chi connectivity index (χ0v) is 12.3. The predicted molar refractivity (Wildman–Crippen MR) is 76.0 cm³/mol. The number of hydrogen-bond acceptors (Lipinski definition) is 6. The van der Waals surface area contributed by atoms with Gasteiger partial charge < -0.3 is 5.32 Å². The molecule has 2 aromatic heterocycles. The second-order valence-corrected chi connectivity index (χ2v) is 6.68. The Morgan fingerprint density at radius 3 is 2.95 bits per heavy atom. The molecule has 21 heavy (non-hydrogen) atoms. The van der Waals surface area contributed by atoms with Crippen LogP contribution in [-0.2, 0) is 10.0 Å². The maximum absolute atomic E-state index is 12.6. The number of aromatic amines is 1. The first kappa shape index (κ1) is 14.0. The molecular weight excluding hydrogens is 292 g/mol. The Bertz CT molecular complexity index is 715. The second-order valence-electron chi connectivity index (χ2n) is 4.79. The third-order valence-electron chi connectivity index (χ3n) is 3.53. The van der Waals surface area contributed by atoms with Crippen LogP contribution < -0.4 is 5.32 Å². The van der Waals surface area contributed by atoms with Gasteiger partial charge in [-0.15, -0.1) is 0 Å². The number of rotatable bonds is 4. The first-order valence-electron chi connectivity index (χ1n) is 6.63. The van der Waals surface area contributed by atoms with Crippen LogP contribution in [0.25, 0.3) is 0 Å². The van der Waals surface area contributed by atoms with Crippen LogP contribution in [-0.4, -0.2) is 46.5 Å². The molecule has 0 aromatic carbocycles. The standard InChI is InChI=1S/C12H16N6O2S/c1-13-12-8-14-7-10(17-12)11-3-2-4-18(11)21(19,20)9-5-15-16-6-9/h5-8,11H,2-4H2,1H3,(H,13,17)(H,15,16). The average molecular weight is 308 g/mol. The minimum absolute atomic E-state index is 0.173. The molecule has 0 spiro atoms. The van der Waals surface area contributed by atoms with Gasteiger partial charge in [0.15, 0.2) is 0 Å². The van der Waals surface area contributed by atoms with Gasteiger partial charge in [-0.25, -0.2) is 13.4 Å². The van der Waals surface area contributed by atoms with Crippen LogP contribution in [0.1, 0.15) is 24.6 Å². The van der Waals surface area contributed by atoms with Crippen molar-refractivity contribution >= 4 is 15.8 Å². The third-order valence-corrected chi connectivity index (χ3v) is 5.41. The van der Waals surface area contributed by atoms with Gasteiger partial charge in [0, 0.05) is 19.8 Å². The van der Waals surface area contributed by atoms with E-state index in [0.29, 0.717) is 18.1 Å². The van der Waals surface area contributed by atoms with E-state index in [2.05, 4.69) is 25.5 Å². The summed E-state index contributed by atoms with van der Waals surface area (Å²) >= 11 is 0. The summed E-state index contributed by atoms with van der Waals surface area (Å²) in [5.41, 5.74) is 0.659. The van der Waals surface area contributed by atoms with Gasteiger partial charge in [-0.05, 0) is 12.8 Å². The number of nitrogens with one attached hydrogen (secondary N) is 2. The van der Waals surface area contributed by atoms with Crippen molar-refractivity contribution in [2.75, 3.05) is 18.9 Å². The van der Waals surface area contributed by atoms with E-state index in [1.165, 1.54) is 16.7 Å². The van der Waals surface area contributed by atoms with Crippen molar-refractivity contribution in [3.05, 3.63) is 30.5 Å². The molecule has 0 saturated carbocycles. The zero-order valence-electron chi connectivity index (χ0n) is 11.5. The summed E-state index contributed by atoms with van der Waals surface area (Å²) in [5.74, 6) is 0.625. The Kier molecular flexibility index (Phi) is 3.60. The van der Waals surface area contributed by atoms with Crippen LogP contribution in [0.2, 0.25) is 0 Å². The second kappa shape index (κ2) is 5.41. The molecule has 0 amide bonds. The number of nitrogens with zero attached hydrogens (tertiary/aromatic N) is 4. The lowest BCUT2D eigenvalue weighted by Crippen LogP contribution is -2.31. The molecule has 1 saturated heterocycles. The van der Waals surface area contributed by atoms with E-state index in [0.717, 1.165) is 12.8 Å². The third kappa shape index (κ3) is 2.49. The highest BCUT2D eigenvalue weighted by Gasteiger charge is 2.37. The maximum Gasteiger partial charge on any atom is 0.246 e. The van der Waals surface area contributed by atoms with E-state index in [4.69, 9.17) is 0 Å². The molecule has 112 valence electrons. The lowest BCUT2D eigenvalue weighted by Gasteiger charge is -2.22. The Morgan fingerprint density at radius 2 is 2.24 bits per heavy atom. The lowest BCUT2D eigenvalue weighted by molar-refractivity contribution is 0.390. The van der Waals surface area contributed by atoms with Crippen molar-refractivity contribution in [2.24, 2.45) is 0 Å². The number of hydrogen-bond donors (Lipinski definition) is 2. The molecule has 0 aliphatic carbocycles. The smallest absolute Gasteiger partial charge is 0.246 e. The van der Waals surface area contributed by atoms with Crippen molar-refractivity contribution in [2.45, 2.75) is 23.8 Å². The monoisotopic (exact) mass is 308 g/mol. The van der Waals surface area contributed by atoms with Crippen molar-refractivity contribution in [1.82, 2.24) is 24.5 Å². The van der Waals surface area contributed by atoms with Crippen molar-refractivity contribution < 1.29 is 8.42 Å². The van der Waals surface area contributed by atoms with Crippen molar-refractivity contribution in [1.29, 1.82) is 0 Å². The normalized spacial score (nSPS) is 19.8. The number of sulfonamides is 1. The summed E-state index contributed by atoms with van der Waals surface area (Å²) in [7, 11) is -1.81. The highest BCUT2D eigenvalue weighted by molar-refractivity contribution is 7.89. The summed E-state index contributed by atoms with van der Waals surface area (Å²) in [4.78, 5) is 8.70. The van der Waals surface area contributed by atoms with E-state index >= 15 is 0 Å². The molecule has 9 heteroatoms. The molecule has 2 N–H and O–H groups in total. The van der Waals surface area contributed by atoms with E-state index in [1.54, 1.807) is 19.4 Å². The van der Waals surface area contributed by atoms with Gasteiger partial charge in [-0.3, -0.25) is 10.1 Å². The van der Waals surface area contributed by atoms with Crippen LogP contribution in [0, 0.1) is 0 Å². The fraction of sp³-hybridized carbons (Fsp3) is 0.417. The zero-order chi connectivity index (χ0) is 14.9. The highest BCUT2D eigenvalue weighted by Crippen LogP contribution is 2.35. The molecule has 1 atom stereocenters. The highest BCUT2D eigenvalue weighted by atomic mass is 32.2. The van der Waals surface area contributed by atoms with Gasteiger partial charge in [0.2, 0.25) is 10.0 Å². The minimum Gasteiger partial charge on any atom is -0.372 e. The van der Waals surface area contributed by atoms with E-state index in [-0.39, 0.29) is 10.9 Å². The lowest BCUT2D eigenvalue weighted by atomic mass is 10.2. The molecule has 1 aliphatic heterocycles. The fourth-order valence-corrected chi connectivity index (χ4v) is 4.08. The van der Waals surface area contributed by atoms with Crippen LogP contribution in [0.4, 0.5) is 5.82 Å². The summed E-state index contributed by atoms with van der Waals surface area (Å²) < 4.78 is 26.7. The van der Waals surface area contributed by atoms with Gasteiger partial charge in [0.1, 0.15) is 10.7 Å². The molecule has 1 aliphatic rings. The Labute approximate surface area is 122 Å². The molecule has 0 bridgehead atoms. The van der Waals surface area contributed by atoms with Crippen molar-refractivity contribution in [3.63, 3.8) is 0 Å². The number of anilines is 1. The summed E-state index contributed by atoms with van der Waals surface area (Å²) in [6.07, 6.45) is 7.47. The van der Waals surface area contributed by atoms with Gasteiger partial charge >= 0.3 is 0 Å². The summed E-state index contributed by atoms with van der Waals surface area (Å²) in [6.45, 7) is 0.476. The topological polar surface area (TPSA) is 104 Å². The molecule has 3 heterocycles. The molecule has 8 nitrogen and oxygen atoms in total. The summed E-state index contributed by atoms with van der Waals surface area (Å²) in [6, 6.07) is -0.286. The van der Waals surface area contributed by atoms with E-state index in [9.17, 15) is 8.42 Å².